The predicted octanol–water partition coefficient (Wildman–Crippen LogP) is 2.95. The minimum Gasteiger partial charge on any atom is -0.472 e. The molecule has 0 aliphatic heterocycles. The van der Waals surface area contributed by atoms with Gasteiger partial charge >= 0.3 is 0 Å². The van der Waals surface area contributed by atoms with Crippen LogP contribution >= 0.6 is 23.8 Å². The van der Waals surface area contributed by atoms with Crippen LogP contribution in [0.1, 0.15) is 11.1 Å². The second-order valence-corrected chi connectivity index (χ2v) is 4.45. The lowest BCUT2D eigenvalue weighted by Gasteiger charge is -2.09. The van der Waals surface area contributed by atoms with Gasteiger partial charge in [0.1, 0.15) is 11.6 Å². The topological polar surface area (TPSA) is 48.1 Å². The number of nitrogens with two attached hydrogens (primary N) is 1. The first-order valence-corrected chi connectivity index (χ1v) is 6.08. The molecule has 2 aromatic rings. The SMILES string of the molecule is NC(=S)c1cccnc1OCc1ccccc1Cl. The van der Waals surface area contributed by atoms with Gasteiger partial charge in [0.25, 0.3) is 0 Å². The van der Waals surface area contributed by atoms with Crippen LogP contribution in [-0.4, -0.2) is 9.97 Å². The van der Waals surface area contributed by atoms with E-state index in [4.69, 9.17) is 34.3 Å². The number of rotatable bonds is 4. The highest BCUT2D eigenvalue weighted by Crippen LogP contribution is 2.19. The summed E-state index contributed by atoms with van der Waals surface area (Å²) in [6.07, 6.45) is 1.63. The van der Waals surface area contributed by atoms with Crippen LogP contribution in [-0.2, 0) is 6.61 Å². The Labute approximate surface area is 116 Å². The molecule has 0 aliphatic rings. The number of ether oxygens (including phenoxy) is 1. The summed E-state index contributed by atoms with van der Waals surface area (Å²) in [7, 11) is 0. The number of benzene rings is 1. The summed E-state index contributed by atoms with van der Waals surface area (Å²) in [6.45, 7) is 0.326. The summed E-state index contributed by atoms with van der Waals surface area (Å²) in [5.41, 5.74) is 7.11. The van der Waals surface area contributed by atoms with Crippen molar-refractivity contribution in [2.45, 2.75) is 6.61 Å². The lowest BCUT2D eigenvalue weighted by Crippen LogP contribution is -2.12. The smallest absolute Gasteiger partial charge is 0.224 e. The van der Waals surface area contributed by atoms with E-state index in [2.05, 4.69) is 4.98 Å². The number of pyridine rings is 1. The van der Waals surface area contributed by atoms with Crippen molar-refractivity contribution in [1.29, 1.82) is 0 Å². The molecule has 18 heavy (non-hydrogen) atoms. The molecule has 0 fully saturated rings. The largest absolute Gasteiger partial charge is 0.472 e. The van der Waals surface area contributed by atoms with Crippen molar-refractivity contribution >= 4 is 28.8 Å². The highest BCUT2D eigenvalue weighted by Gasteiger charge is 2.08. The molecule has 0 spiro atoms. The molecule has 3 nitrogen and oxygen atoms in total. The second-order valence-electron chi connectivity index (χ2n) is 3.60. The minimum atomic E-state index is 0.261. The zero-order valence-electron chi connectivity index (χ0n) is 9.47. The van der Waals surface area contributed by atoms with Crippen molar-refractivity contribution in [2.24, 2.45) is 5.73 Å². The molecule has 1 heterocycles. The fourth-order valence-electron chi connectivity index (χ4n) is 1.45. The first kappa shape index (κ1) is 12.8. The molecule has 0 saturated heterocycles. The first-order valence-electron chi connectivity index (χ1n) is 5.29. The van der Waals surface area contributed by atoms with E-state index in [1.165, 1.54) is 0 Å². The molecule has 92 valence electrons. The van der Waals surface area contributed by atoms with Crippen molar-refractivity contribution in [3.8, 4) is 5.88 Å². The summed E-state index contributed by atoms with van der Waals surface area (Å²) in [6, 6.07) is 11.0. The fraction of sp³-hybridized carbons (Fsp3) is 0.0769. The molecule has 0 radical (unpaired) electrons. The third kappa shape index (κ3) is 2.97. The van der Waals surface area contributed by atoms with E-state index < -0.39 is 0 Å². The van der Waals surface area contributed by atoms with Gasteiger partial charge in [-0.1, -0.05) is 42.0 Å². The molecular weight excluding hydrogens is 268 g/mol. The summed E-state index contributed by atoms with van der Waals surface area (Å²) in [4.78, 5) is 4.37. The standard InChI is InChI=1S/C13H11ClN2OS/c14-11-6-2-1-4-9(11)8-17-13-10(12(15)18)5-3-7-16-13/h1-7H,8H2,(H2,15,18). The Kier molecular flexibility index (Phi) is 4.12. The Balaban J connectivity index is 2.16. The number of aromatic nitrogens is 1. The summed E-state index contributed by atoms with van der Waals surface area (Å²) in [5.74, 6) is 0.421. The van der Waals surface area contributed by atoms with E-state index in [0.717, 1.165) is 5.56 Å². The van der Waals surface area contributed by atoms with Gasteiger partial charge in [0.15, 0.2) is 0 Å². The molecule has 5 heteroatoms. The number of hydrogen-bond acceptors (Lipinski definition) is 3. The average molecular weight is 279 g/mol. The van der Waals surface area contributed by atoms with Crippen molar-refractivity contribution in [3.63, 3.8) is 0 Å². The van der Waals surface area contributed by atoms with Crippen LogP contribution in [0.5, 0.6) is 5.88 Å². The van der Waals surface area contributed by atoms with Crippen LogP contribution in [0.2, 0.25) is 5.02 Å². The van der Waals surface area contributed by atoms with Crippen LogP contribution in [0.4, 0.5) is 0 Å². The van der Waals surface area contributed by atoms with Crippen molar-refractivity contribution in [1.82, 2.24) is 4.98 Å². The third-order valence-corrected chi connectivity index (χ3v) is 2.95. The molecule has 0 saturated carbocycles. The van der Waals surface area contributed by atoms with E-state index in [1.54, 1.807) is 18.3 Å². The van der Waals surface area contributed by atoms with Gasteiger partial charge in [0.2, 0.25) is 5.88 Å². The maximum Gasteiger partial charge on any atom is 0.224 e. The Bertz CT molecular complexity index is 574. The maximum atomic E-state index is 6.04. The maximum absolute atomic E-state index is 6.04. The predicted molar refractivity (Wildman–Crippen MR) is 75.9 cm³/mol. The number of thiocarbonyl (C=S) groups is 1. The highest BCUT2D eigenvalue weighted by molar-refractivity contribution is 7.80. The summed E-state index contributed by atoms with van der Waals surface area (Å²) >= 11 is 11.0. The van der Waals surface area contributed by atoms with Gasteiger partial charge < -0.3 is 10.5 Å². The van der Waals surface area contributed by atoms with Crippen LogP contribution in [0.15, 0.2) is 42.6 Å². The van der Waals surface area contributed by atoms with Crippen LogP contribution in [0, 0.1) is 0 Å². The van der Waals surface area contributed by atoms with Gasteiger partial charge in [-0.25, -0.2) is 4.98 Å². The van der Waals surface area contributed by atoms with Crippen molar-refractivity contribution in [2.75, 3.05) is 0 Å². The highest BCUT2D eigenvalue weighted by atomic mass is 35.5. The lowest BCUT2D eigenvalue weighted by molar-refractivity contribution is 0.293. The molecule has 1 aromatic carbocycles. The van der Waals surface area contributed by atoms with Crippen LogP contribution in [0.3, 0.4) is 0 Å². The molecule has 0 amide bonds. The average Bonchev–Trinajstić information content (AvgIpc) is 2.38. The Morgan fingerprint density at radius 2 is 2.06 bits per heavy atom. The van der Waals surface area contributed by atoms with E-state index in [1.807, 2.05) is 24.3 Å². The molecule has 0 aliphatic carbocycles. The molecule has 0 bridgehead atoms. The Hall–Kier alpha value is -1.65. The van der Waals surface area contributed by atoms with Gasteiger partial charge in [-0.3, -0.25) is 0 Å². The van der Waals surface area contributed by atoms with Crippen molar-refractivity contribution in [3.05, 3.63) is 58.7 Å². The third-order valence-electron chi connectivity index (χ3n) is 2.36. The second kappa shape index (κ2) is 5.80. The zero-order chi connectivity index (χ0) is 13.0. The molecule has 2 N–H and O–H groups in total. The molecule has 1 aromatic heterocycles. The minimum absolute atomic E-state index is 0.261. The van der Waals surface area contributed by atoms with Crippen LogP contribution in [0.25, 0.3) is 0 Å². The van der Waals surface area contributed by atoms with E-state index >= 15 is 0 Å². The Morgan fingerprint density at radius 3 is 2.78 bits per heavy atom. The molecular formula is C13H11ClN2OS. The summed E-state index contributed by atoms with van der Waals surface area (Å²) < 4.78 is 5.60. The van der Waals surface area contributed by atoms with E-state index in [-0.39, 0.29) is 4.99 Å². The van der Waals surface area contributed by atoms with Crippen LogP contribution < -0.4 is 10.5 Å². The number of halogens is 1. The molecule has 0 atom stereocenters. The van der Waals surface area contributed by atoms with E-state index in [9.17, 15) is 0 Å². The Morgan fingerprint density at radius 1 is 1.28 bits per heavy atom. The van der Waals surface area contributed by atoms with Gasteiger partial charge in [-0.05, 0) is 18.2 Å². The quantitative estimate of drug-likeness (QED) is 0.874. The number of nitrogens with zero attached hydrogens (tertiary/aromatic N) is 1. The molecule has 2 rings (SSSR count). The molecule has 0 unspecified atom stereocenters. The van der Waals surface area contributed by atoms with Crippen molar-refractivity contribution < 1.29 is 4.74 Å². The lowest BCUT2D eigenvalue weighted by atomic mass is 10.2. The first-order chi connectivity index (χ1) is 8.68. The normalized spacial score (nSPS) is 10.1. The zero-order valence-corrected chi connectivity index (χ0v) is 11.0. The van der Waals surface area contributed by atoms with E-state index in [0.29, 0.717) is 23.1 Å². The summed E-state index contributed by atoms with van der Waals surface area (Å²) in [5, 5.41) is 0.658. The monoisotopic (exact) mass is 278 g/mol. The van der Waals surface area contributed by atoms with Gasteiger partial charge in [-0.2, -0.15) is 0 Å². The van der Waals surface area contributed by atoms with Gasteiger partial charge in [0.05, 0.1) is 5.56 Å². The van der Waals surface area contributed by atoms with Gasteiger partial charge in [-0.15, -0.1) is 0 Å². The number of hydrogen-bond donors (Lipinski definition) is 1. The van der Waals surface area contributed by atoms with Gasteiger partial charge in [0, 0.05) is 16.8 Å². The fourth-order valence-corrected chi connectivity index (χ4v) is 1.80.